The number of nitrogens with two attached hydrogens (primary N) is 1. The van der Waals surface area contributed by atoms with E-state index in [1.54, 1.807) is 0 Å². The Morgan fingerprint density at radius 1 is 1.06 bits per heavy atom. The molecule has 3 aromatic rings. The summed E-state index contributed by atoms with van der Waals surface area (Å²) in [4.78, 5) is 4.51. The summed E-state index contributed by atoms with van der Waals surface area (Å²) >= 11 is 0. The van der Waals surface area contributed by atoms with E-state index < -0.39 is 0 Å². The van der Waals surface area contributed by atoms with Gasteiger partial charge in [0.15, 0.2) is 0 Å². The van der Waals surface area contributed by atoms with Crippen LogP contribution in [0.25, 0.3) is 16.6 Å². The highest BCUT2D eigenvalue weighted by molar-refractivity contribution is 5.89. The molecule has 0 fully saturated rings. The van der Waals surface area contributed by atoms with Crippen LogP contribution >= 0.6 is 0 Å². The molecule has 0 radical (unpaired) electrons. The first-order chi connectivity index (χ1) is 8.63. The molecule has 4 heteroatoms. The Bertz CT molecular complexity index is 728. The Morgan fingerprint density at radius 2 is 1.89 bits per heavy atom. The summed E-state index contributed by atoms with van der Waals surface area (Å²) < 4.78 is 1.87. The van der Waals surface area contributed by atoms with Gasteiger partial charge in [-0.3, -0.25) is 4.98 Å². The van der Waals surface area contributed by atoms with Gasteiger partial charge in [0.1, 0.15) is 0 Å². The van der Waals surface area contributed by atoms with Crippen LogP contribution in [0.4, 0.5) is 5.69 Å². The molecule has 0 aliphatic rings. The summed E-state index contributed by atoms with van der Waals surface area (Å²) in [7, 11) is 0. The smallest absolute Gasteiger partial charge is 0.0758 e. The molecular weight excluding hydrogens is 224 g/mol. The number of nitrogens with zero attached hydrogens (tertiary/aromatic N) is 3. The van der Waals surface area contributed by atoms with Crippen molar-refractivity contribution in [2.45, 2.75) is 13.8 Å². The predicted octanol–water partition coefficient (Wildman–Crippen LogP) is 2.62. The van der Waals surface area contributed by atoms with Gasteiger partial charge in [-0.2, -0.15) is 5.10 Å². The number of hydrogen-bond donors (Lipinski definition) is 1. The standard InChI is InChI=1S/C14H14N4/c1-9-5-6-18(17-9)14-7-10(2)16-13-4-3-11(15)8-12(13)14/h3-8H,15H2,1-2H3. The highest BCUT2D eigenvalue weighted by Gasteiger charge is 2.07. The van der Waals surface area contributed by atoms with Crippen LogP contribution in [-0.4, -0.2) is 14.8 Å². The number of pyridine rings is 1. The van der Waals surface area contributed by atoms with Crippen LogP contribution in [-0.2, 0) is 0 Å². The molecule has 0 aliphatic heterocycles. The highest BCUT2D eigenvalue weighted by atomic mass is 15.3. The lowest BCUT2D eigenvalue weighted by atomic mass is 10.1. The average molecular weight is 238 g/mol. The molecule has 90 valence electrons. The summed E-state index contributed by atoms with van der Waals surface area (Å²) in [5.74, 6) is 0. The van der Waals surface area contributed by atoms with Crippen molar-refractivity contribution < 1.29 is 0 Å². The van der Waals surface area contributed by atoms with Gasteiger partial charge in [-0.25, -0.2) is 4.68 Å². The van der Waals surface area contributed by atoms with Crippen LogP contribution < -0.4 is 5.73 Å². The maximum atomic E-state index is 5.86. The van der Waals surface area contributed by atoms with Gasteiger partial charge < -0.3 is 5.73 Å². The second-order valence-corrected chi connectivity index (χ2v) is 4.46. The molecule has 0 amide bonds. The molecule has 0 unspecified atom stereocenters. The molecule has 0 bridgehead atoms. The van der Waals surface area contributed by atoms with E-state index in [-0.39, 0.29) is 0 Å². The number of anilines is 1. The topological polar surface area (TPSA) is 56.7 Å². The molecule has 0 aliphatic carbocycles. The Labute approximate surface area is 105 Å². The fourth-order valence-electron chi connectivity index (χ4n) is 2.09. The third-order valence-electron chi connectivity index (χ3n) is 2.91. The number of fused-ring (bicyclic) bond motifs is 1. The summed E-state index contributed by atoms with van der Waals surface area (Å²) in [6.45, 7) is 3.96. The van der Waals surface area contributed by atoms with Crippen LogP contribution in [0.15, 0.2) is 36.5 Å². The fraction of sp³-hybridized carbons (Fsp3) is 0.143. The van der Waals surface area contributed by atoms with E-state index in [0.717, 1.165) is 33.7 Å². The molecule has 0 atom stereocenters. The predicted molar refractivity (Wildman–Crippen MR) is 72.8 cm³/mol. The number of aromatic nitrogens is 3. The summed E-state index contributed by atoms with van der Waals surface area (Å²) in [6, 6.07) is 9.75. The lowest BCUT2D eigenvalue weighted by molar-refractivity contribution is 0.866. The first kappa shape index (κ1) is 10.8. The van der Waals surface area contributed by atoms with E-state index in [4.69, 9.17) is 5.73 Å². The Kier molecular flexibility index (Phi) is 2.30. The molecular formula is C14H14N4. The van der Waals surface area contributed by atoms with Crippen molar-refractivity contribution >= 4 is 16.6 Å². The molecule has 2 aromatic heterocycles. The molecule has 1 aromatic carbocycles. The molecule has 0 saturated carbocycles. The van der Waals surface area contributed by atoms with Crippen LogP contribution in [0.5, 0.6) is 0 Å². The number of benzene rings is 1. The SMILES string of the molecule is Cc1cc(-n2ccc(C)n2)c2cc(N)ccc2n1. The van der Waals surface area contributed by atoms with Gasteiger partial charge in [-0.1, -0.05) is 0 Å². The van der Waals surface area contributed by atoms with Gasteiger partial charge in [0.25, 0.3) is 0 Å². The number of nitrogen functional groups attached to an aromatic ring is 1. The number of aryl methyl sites for hydroxylation is 2. The van der Waals surface area contributed by atoms with E-state index in [9.17, 15) is 0 Å². The van der Waals surface area contributed by atoms with Crippen molar-refractivity contribution in [2.75, 3.05) is 5.73 Å². The second kappa shape index (κ2) is 3.84. The molecule has 2 N–H and O–H groups in total. The van der Waals surface area contributed by atoms with Crippen LogP contribution in [0.3, 0.4) is 0 Å². The minimum atomic E-state index is 0.735. The Morgan fingerprint density at radius 3 is 2.61 bits per heavy atom. The van der Waals surface area contributed by atoms with Crippen molar-refractivity contribution in [2.24, 2.45) is 0 Å². The van der Waals surface area contributed by atoms with E-state index in [1.807, 2.05) is 55.1 Å². The van der Waals surface area contributed by atoms with E-state index >= 15 is 0 Å². The Hall–Kier alpha value is -2.36. The van der Waals surface area contributed by atoms with Crippen molar-refractivity contribution in [1.29, 1.82) is 0 Å². The summed E-state index contributed by atoms with van der Waals surface area (Å²) in [5, 5.41) is 5.47. The monoisotopic (exact) mass is 238 g/mol. The van der Waals surface area contributed by atoms with Crippen LogP contribution in [0.1, 0.15) is 11.4 Å². The minimum Gasteiger partial charge on any atom is -0.399 e. The maximum Gasteiger partial charge on any atom is 0.0758 e. The molecule has 0 spiro atoms. The number of hydrogen-bond acceptors (Lipinski definition) is 3. The first-order valence-electron chi connectivity index (χ1n) is 5.83. The molecule has 0 saturated heterocycles. The normalized spacial score (nSPS) is 11.0. The lowest BCUT2D eigenvalue weighted by Gasteiger charge is -2.08. The fourth-order valence-corrected chi connectivity index (χ4v) is 2.09. The van der Waals surface area contributed by atoms with Gasteiger partial charge in [-0.05, 0) is 44.2 Å². The number of rotatable bonds is 1. The van der Waals surface area contributed by atoms with Gasteiger partial charge in [0, 0.05) is 23.0 Å². The second-order valence-electron chi connectivity index (χ2n) is 4.46. The Balaban J connectivity index is 2.36. The molecule has 4 nitrogen and oxygen atoms in total. The molecule has 18 heavy (non-hydrogen) atoms. The quantitative estimate of drug-likeness (QED) is 0.663. The minimum absolute atomic E-state index is 0.735. The summed E-state index contributed by atoms with van der Waals surface area (Å²) in [5.41, 5.74) is 10.5. The van der Waals surface area contributed by atoms with Crippen molar-refractivity contribution in [1.82, 2.24) is 14.8 Å². The third kappa shape index (κ3) is 1.72. The first-order valence-corrected chi connectivity index (χ1v) is 5.83. The highest BCUT2D eigenvalue weighted by Crippen LogP contribution is 2.23. The van der Waals surface area contributed by atoms with Crippen molar-refractivity contribution in [3.8, 4) is 5.69 Å². The maximum absolute atomic E-state index is 5.86. The zero-order chi connectivity index (χ0) is 12.7. The van der Waals surface area contributed by atoms with E-state index in [0.29, 0.717) is 0 Å². The van der Waals surface area contributed by atoms with Gasteiger partial charge in [0.05, 0.1) is 16.9 Å². The van der Waals surface area contributed by atoms with Crippen LogP contribution in [0, 0.1) is 13.8 Å². The average Bonchev–Trinajstić information content (AvgIpc) is 2.75. The lowest BCUT2D eigenvalue weighted by Crippen LogP contribution is -1.99. The molecule has 3 rings (SSSR count). The third-order valence-corrected chi connectivity index (χ3v) is 2.91. The van der Waals surface area contributed by atoms with Gasteiger partial charge in [-0.15, -0.1) is 0 Å². The van der Waals surface area contributed by atoms with Crippen molar-refractivity contribution in [3.63, 3.8) is 0 Å². The van der Waals surface area contributed by atoms with Crippen LogP contribution in [0.2, 0.25) is 0 Å². The largest absolute Gasteiger partial charge is 0.399 e. The van der Waals surface area contributed by atoms with E-state index in [1.165, 1.54) is 0 Å². The molecule has 2 heterocycles. The van der Waals surface area contributed by atoms with Gasteiger partial charge in [0.2, 0.25) is 0 Å². The van der Waals surface area contributed by atoms with Crippen molar-refractivity contribution in [3.05, 3.63) is 47.9 Å². The zero-order valence-electron chi connectivity index (χ0n) is 10.4. The zero-order valence-corrected chi connectivity index (χ0v) is 10.4. The van der Waals surface area contributed by atoms with Gasteiger partial charge >= 0.3 is 0 Å². The van der Waals surface area contributed by atoms with E-state index in [2.05, 4.69) is 10.1 Å². The summed E-state index contributed by atoms with van der Waals surface area (Å²) in [6.07, 6.45) is 1.95.